The topological polar surface area (TPSA) is 52.7 Å². The number of thiocarbonyl (C=S) groups is 1. The quantitative estimate of drug-likeness (QED) is 0.603. The van der Waals surface area contributed by atoms with Crippen molar-refractivity contribution >= 4 is 57.8 Å². The van der Waals surface area contributed by atoms with Gasteiger partial charge in [0.1, 0.15) is 10.9 Å². The average molecular weight is 384 g/mol. The highest BCUT2D eigenvalue weighted by atomic mass is 35.5. The van der Waals surface area contributed by atoms with Crippen LogP contribution in [0.3, 0.4) is 0 Å². The third-order valence-corrected chi connectivity index (χ3v) is 4.97. The van der Waals surface area contributed by atoms with Crippen LogP contribution in [0.1, 0.15) is 5.56 Å². The number of nitrogens with one attached hydrogen (secondary N) is 1. The SMILES string of the molecule is CN(C)CCNC(=O)CN1C(=O)C(=Cc2ccccc2Cl)SC1=S. The fraction of sp³-hybridized carbons (Fsp3) is 0.312. The van der Waals surface area contributed by atoms with Crippen LogP contribution in [0.2, 0.25) is 5.02 Å². The van der Waals surface area contributed by atoms with Gasteiger partial charge in [-0.3, -0.25) is 14.5 Å². The summed E-state index contributed by atoms with van der Waals surface area (Å²) >= 11 is 12.5. The number of carbonyl (C=O) groups excluding carboxylic acids is 2. The summed E-state index contributed by atoms with van der Waals surface area (Å²) in [6, 6.07) is 7.24. The van der Waals surface area contributed by atoms with Gasteiger partial charge in [0.2, 0.25) is 5.91 Å². The lowest BCUT2D eigenvalue weighted by molar-refractivity contribution is -0.128. The molecular formula is C16H18ClN3O2S2. The second kappa shape index (κ2) is 8.62. The number of amides is 2. The number of halogens is 1. The van der Waals surface area contributed by atoms with Gasteiger partial charge in [-0.15, -0.1) is 0 Å². The molecule has 2 amide bonds. The van der Waals surface area contributed by atoms with Gasteiger partial charge in [0.05, 0.1) is 4.91 Å². The van der Waals surface area contributed by atoms with Crippen LogP contribution in [-0.2, 0) is 9.59 Å². The molecule has 1 aromatic carbocycles. The highest BCUT2D eigenvalue weighted by Crippen LogP contribution is 2.33. The molecule has 0 aromatic heterocycles. The Morgan fingerprint density at radius 1 is 1.42 bits per heavy atom. The van der Waals surface area contributed by atoms with Gasteiger partial charge in [-0.2, -0.15) is 0 Å². The van der Waals surface area contributed by atoms with Gasteiger partial charge >= 0.3 is 0 Å². The molecule has 24 heavy (non-hydrogen) atoms. The molecule has 1 aromatic rings. The summed E-state index contributed by atoms with van der Waals surface area (Å²) < 4.78 is 0.376. The molecule has 5 nitrogen and oxygen atoms in total. The molecule has 128 valence electrons. The number of rotatable bonds is 6. The molecule has 0 saturated carbocycles. The molecule has 8 heteroatoms. The van der Waals surface area contributed by atoms with Gasteiger partial charge in [-0.05, 0) is 31.8 Å². The minimum absolute atomic E-state index is 0.0715. The molecule has 0 radical (unpaired) electrons. The van der Waals surface area contributed by atoms with Crippen LogP contribution in [0.15, 0.2) is 29.2 Å². The zero-order chi connectivity index (χ0) is 17.7. The van der Waals surface area contributed by atoms with E-state index in [9.17, 15) is 9.59 Å². The second-order valence-corrected chi connectivity index (χ2v) is 7.53. The minimum Gasteiger partial charge on any atom is -0.353 e. The summed E-state index contributed by atoms with van der Waals surface area (Å²) in [5.41, 5.74) is 0.745. The van der Waals surface area contributed by atoms with Crippen molar-refractivity contribution in [1.29, 1.82) is 0 Å². The summed E-state index contributed by atoms with van der Waals surface area (Å²) in [7, 11) is 3.85. The van der Waals surface area contributed by atoms with Gasteiger partial charge in [-0.25, -0.2) is 0 Å². The molecule has 0 unspecified atom stereocenters. The minimum atomic E-state index is -0.271. The summed E-state index contributed by atoms with van der Waals surface area (Å²) in [6.07, 6.45) is 1.70. The van der Waals surface area contributed by atoms with Crippen molar-refractivity contribution in [2.75, 3.05) is 33.7 Å². The van der Waals surface area contributed by atoms with Gasteiger partial charge in [0.25, 0.3) is 5.91 Å². The fourth-order valence-corrected chi connectivity index (χ4v) is 3.42. The fourth-order valence-electron chi connectivity index (χ4n) is 1.99. The van der Waals surface area contributed by atoms with Crippen LogP contribution < -0.4 is 5.32 Å². The first-order chi connectivity index (χ1) is 11.4. The van der Waals surface area contributed by atoms with Gasteiger partial charge in [-0.1, -0.05) is 53.8 Å². The molecule has 1 saturated heterocycles. The maximum Gasteiger partial charge on any atom is 0.266 e. The Kier molecular flexibility index (Phi) is 6.79. The summed E-state index contributed by atoms with van der Waals surface area (Å²) in [5.74, 6) is -0.500. The van der Waals surface area contributed by atoms with Crippen molar-refractivity contribution in [1.82, 2.24) is 15.1 Å². The van der Waals surface area contributed by atoms with Crippen molar-refractivity contribution in [2.24, 2.45) is 0 Å². The van der Waals surface area contributed by atoms with E-state index in [1.54, 1.807) is 12.1 Å². The number of thioether (sulfide) groups is 1. The van der Waals surface area contributed by atoms with Crippen LogP contribution in [-0.4, -0.2) is 59.7 Å². The molecule has 0 spiro atoms. The number of likely N-dealkylation sites (N-methyl/N-ethyl adjacent to an activating group) is 1. The standard InChI is InChI=1S/C16H18ClN3O2S2/c1-19(2)8-7-18-14(21)10-20-15(22)13(24-16(20)23)9-11-5-3-4-6-12(11)17/h3-6,9H,7-8,10H2,1-2H3,(H,18,21). The molecule has 0 atom stereocenters. The van der Waals surface area contributed by atoms with Crippen molar-refractivity contribution < 1.29 is 9.59 Å². The van der Waals surface area contributed by atoms with Crippen LogP contribution in [0.25, 0.3) is 6.08 Å². The Hall–Kier alpha value is -1.41. The molecule has 1 fully saturated rings. The lowest BCUT2D eigenvalue weighted by Gasteiger charge is -2.15. The van der Waals surface area contributed by atoms with E-state index < -0.39 is 0 Å². The predicted octanol–water partition coefficient (Wildman–Crippen LogP) is 2.22. The van der Waals surface area contributed by atoms with Crippen LogP contribution in [0.5, 0.6) is 0 Å². The summed E-state index contributed by atoms with van der Waals surface area (Å²) in [6.45, 7) is 1.19. The maximum atomic E-state index is 12.5. The number of benzene rings is 1. The van der Waals surface area contributed by atoms with E-state index in [1.165, 1.54) is 16.7 Å². The number of hydrogen-bond donors (Lipinski definition) is 1. The van der Waals surface area contributed by atoms with Crippen LogP contribution in [0.4, 0.5) is 0 Å². The van der Waals surface area contributed by atoms with Crippen molar-refractivity contribution in [3.8, 4) is 0 Å². The molecule has 0 bridgehead atoms. The van der Waals surface area contributed by atoms with Gasteiger partial charge in [0.15, 0.2) is 0 Å². The molecule has 1 aliphatic heterocycles. The average Bonchev–Trinajstić information content (AvgIpc) is 2.77. The summed E-state index contributed by atoms with van der Waals surface area (Å²) in [4.78, 5) is 28.2. The third-order valence-electron chi connectivity index (χ3n) is 3.25. The zero-order valence-electron chi connectivity index (χ0n) is 13.4. The van der Waals surface area contributed by atoms with E-state index in [-0.39, 0.29) is 18.4 Å². The number of carbonyl (C=O) groups is 2. The monoisotopic (exact) mass is 383 g/mol. The molecule has 1 N–H and O–H groups in total. The maximum absolute atomic E-state index is 12.5. The largest absolute Gasteiger partial charge is 0.353 e. The Morgan fingerprint density at radius 3 is 2.79 bits per heavy atom. The zero-order valence-corrected chi connectivity index (χ0v) is 15.8. The summed E-state index contributed by atoms with van der Waals surface area (Å²) in [5, 5.41) is 3.33. The Labute approximate surface area is 156 Å². The van der Waals surface area contributed by atoms with E-state index in [0.717, 1.165) is 12.1 Å². The van der Waals surface area contributed by atoms with Crippen molar-refractivity contribution in [3.05, 3.63) is 39.8 Å². The molecule has 1 heterocycles. The van der Waals surface area contributed by atoms with Gasteiger partial charge in [0, 0.05) is 18.1 Å². The first kappa shape index (κ1) is 18.9. The Bertz CT molecular complexity index is 692. The normalized spacial score (nSPS) is 16.3. The van der Waals surface area contributed by atoms with Gasteiger partial charge < -0.3 is 10.2 Å². The van der Waals surface area contributed by atoms with E-state index in [2.05, 4.69) is 5.32 Å². The first-order valence-corrected chi connectivity index (χ1v) is 8.90. The Morgan fingerprint density at radius 2 is 2.12 bits per heavy atom. The lowest BCUT2D eigenvalue weighted by atomic mass is 10.2. The lowest BCUT2D eigenvalue weighted by Crippen LogP contribution is -2.41. The predicted molar refractivity (Wildman–Crippen MR) is 103 cm³/mol. The first-order valence-electron chi connectivity index (χ1n) is 7.30. The third kappa shape index (κ3) is 5.04. The van der Waals surface area contributed by atoms with Crippen molar-refractivity contribution in [3.63, 3.8) is 0 Å². The molecule has 2 rings (SSSR count). The van der Waals surface area contributed by atoms with E-state index in [0.29, 0.717) is 20.8 Å². The number of hydrogen-bond acceptors (Lipinski definition) is 5. The van der Waals surface area contributed by atoms with E-state index in [4.69, 9.17) is 23.8 Å². The van der Waals surface area contributed by atoms with Crippen LogP contribution in [0, 0.1) is 0 Å². The second-order valence-electron chi connectivity index (χ2n) is 5.44. The Balaban J connectivity index is 2.01. The van der Waals surface area contributed by atoms with E-state index >= 15 is 0 Å². The molecule has 0 aliphatic carbocycles. The smallest absolute Gasteiger partial charge is 0.266 e. The highest BCUT2D eigenvalue weighted by Gasteiger charge is 2.33. The highest BCUT2D eigenvalue weighted by molar-refractivity contribution is 8.26. The molecule has 1 aliphatic rings. The van der Waals surface area contributed by atoms with Crippen molar-refractivity contribution in [2.45, 2.75) is 0 Å². The molecular weight excluding hydrogens is 366 g/mol. The number of nitrogens with zero attached hydrogens (tertiary/aromatic N) is 2. The van der Waals surface area contributed by atoms with Crippen LogP contribution >= 0.6 is 35.6 Å². The van der Waals surface area contributed by atoms with E-state index in [1.807, 2.05) is 37.2 Å².